The van der Waals surface area contributed by atoms with Crippen molar-refractivity contribution in [3.05, 3.63) is 60.2 Å². The SMILES string of the molecule is NCCC(=O)Nc1ccc(C2=CC=CC3C(=O)CC(N4CCOCC4)=NC23)c2oc3ccccc3c12. The zero-order valence-electron chi connectivity index (χ0n) is 19.9. The lowest BCUT2D eigenvalue weighted by atomic mass is 9.79. The molecule has 3 heterocycles. The van der Waals surface area contributed by atoms with E-state index in [1.165, 1.54) is 0 Å². The summed E-state index contributed by atoms with van der Waals surface area (Å²) in [7, 11) is 0. The molecule has 3 aromatic rings. The van der Waals surface area contributed by atoms with Crippen LogP contribution in [0.1, 0.15) is 18.4 Å². The summed E-state index contributed by atoms with van der Waals surface area (Å²) in [5.74, 6) is 0.551. The lowest BCUT2D eigenvalue weighted by Gasteiger charge is -2.36. The number of allylic oxidation sites excluding steroid dienone is 2. The molecule has 6 rings (SSSR count). The zero-order chi connectivity index (χ0) is 24.6. The van der Waals surface area contributed by atoms with Crippen molar-refractivity contribution in [2.45, 2.75) is 18.9 Å². The van der Waals surface area contributed by atoms with Gasteiger partial charge in [-0.1, -0.05) is 36.4 Å². The molecule has 0 spiro atoms. The van der Waals surface area contributed by atoms with Crippen molar-refractivity contribution in [2.75, 3.05) is 38.2 Å². The molecule has 3 N–H and O–H groups in total. The van der Waals surface area contributed by atoms with Crippen LogP contribution in [0, 0.1) is 5.92 Å². The number of para-hydroxylation sites is 1. The van der Waals surface area contributed by atoms with E-state index in [9.17, 15) is 9.59 Å². The van der Waals surface area contributed by atoms with Crippen LogP contribution in [0.5, 0.6) is 0 Å². The first-order valence-electron chi connectivity index (χ1n) is 12.4. The van der Waals surface area contributed by atoms with Gasteiger partial charge in [0.05, 0.1) is 42.7 Å². The standard InChI is InChI=1S/C28H28N4O4/c29-11-10-25(34)30-21-9-8-18(28-26(21)20-4-1-2-7-23(20)36-28)17-5-3-6-19-22(33)16-24(31-27(17)19)32-12-14-35-15-13-32/h1-9,19,27H,10-16,29H2,(H,30,34). The van der Waals surface area contributed by atoms with Crippen LogP contribution in [-0.4, -0.2) is 61.3 Å². The summed E-state index contributed by atoms with van der Waals surface area (Å²) in [5.41, 5.74) is 9.47. The predicted octanol–water partition coefficient (Wildman–Crippen LogP) is 3.51. The predicted molar refractivity (Wildman–Crippen MR) is 140 cm³/mol. The second-order valence-corrected chi connectivity index (χ2v) is 9.32. The molecular weight excluding hydrogens is 456 g/mol. The molecule has 1 aromatic heterocycles. The van der Waals surface area contributed by atoms with Gasteiger partial charge in [-0.05, 0) is 23.8 Å². The summed E-state index contributed by atoms with van der Waals surface area (Å²) >= 11 is 0. The highest BCUT2D eigenvalue weighted by molar-refractivity contribution is 6.17. The van der Waals surface area contributed by atoms with Crippen LogP contribution in [-0.2, 0) is 14.3 Å². The van der Waals surface area contributed by atoms with Gasteiger partial charge in [0.2, 0.25) is 5.91 Å². The minimum Gasteiger partial charge on any atom is -0.455 e. The number of amidine groups is 1. The summed E-state index contributed by atoms with van der Waals surface area (Å²) in [6, 6.07) is 11.3. The number of carbonyl (C=O) groups is 2. The lowest BCUT2D eigenvalue weighted by Crippen LogP contribution is -2.46. The Kier molecular flexibility index (Phi) is 5.91. The molecule has 36 heavy (non-hydrogen) atoms. The first-order valence-corrected chi connectivity index (χ1v) is 12.4. The van der Waals surface area contributed by atoms with Gasteiger partial charge in [0.15, 0.2) is 0 Å². The van der Waals surface area contributed by atoms with Crippen LogP contribution in [0.2, 0.25) is 0 Å². The number of ether oxygens (including phenoxy) is 1. The van der Waals surface area contributed by atoms with Crippen molar-refractivity contribution in [1.29, 1.82) is 0 Å². The van der Waals surface area contributed by atoms with Gasteiger partial charge in [0.25, 0.3) is 0 Å². The molecule has 1 saturated heterocycles. The van der Waals surface area contributed by atoms with Crippen molar-refractivity contribution in [2.24, 2.45) is 16.6 Å². The van der Waals surface area contributed by atoms with Gasteiger partial charge in [-0.3, -0.25) is 14.6 Å². The number of ketones is 1. The van der Waals surface area contributed by atoms with Crippen LogP contribution in [0.15, 0.2) is 64.0 Å². The van der Waals surface area contributed by atoms with E-state index in [0.717, 1.165) is 46.4 Å². The number of furan rings is 1. The number of amides is 1. The Labute approximate surface area is 208 Å². The molecule has 2 atom stereocenters. The molecule has 8 heteroatoms. The Hall–Kier alpha value is -3.75. The molecule has 184 valence electrons. The Bertz CT molecular complexity index is 1440. The minimum atomic E-state index is -0.330. The highest BCUT2D eigenvalue weighted by Gasteiger charge is 2.38. The number of anilines is 1. The average Bonchev–Trinajstić information content (AvgIpc) is 3.29. The summed E-state index contributed by atoms with van der Waals surface area (Å²) in [6.07, 6.45) is 6.49. The molecule has 0 radical (unpaired) electrons. The number of Topliss-reactive ketones (excluding diaryl/α,β-unsaturated/α-hetero) is 1. The van der Waals surface area contributed by atoms with Gasteiger partial charge in [-0.2, -0.15) is 0 Å². The third-order valence-corrected chi connectivity index (χ3v) is 7.10. The van der Waals surface area contributed by atoms with E-state index in [1.54, 1.807) is 0 Å². The number of nitrogens with zero attached hydrogens (tertiary/aromatic N) is 2. The lowest BCUT2D eigenvalue weighted by molar-refractivity contribution is -0.121. The molecule has 1 aliphatic carbocycles. The molecule has 8 nitrogen and oxygen atoms in total. The van der Waals surface area contributed by atoms with E-state index in [1.807, 2.05) is 54.6 Å². The largest absolute Gasteiger partial charge is 0.455 e. The highest BCUT2D eigenvalue weighted by atomic mass is 16.5. The van der Waals surface area contributed by atoms with Crippen LogP contribution in [0.25, 0.3) is 27.5 Å². The van der Waals surface area contributed by atoms with Gasteiger partial charge in [-0.15, -0.1) is 0 Å². The second-order valence-electron chi connectivity index (χ2n) is 9.32. The smallest absolute Gasteiger partial charge is 0.225 e. The fraction of sp³-hybridized carbons (Fsp3) is 0.321. The fourth-order valence-corrected chi connectivity index (χ4v) is 5.36. The number of rotatable bonds is 4. The second kappa shape index (κ2) is 9.37. The normalized spacial score (nSPS) is 21.9. The van der Waals surface area contributed by atoms with Crippen LogP contribution in [0.4, 0.5) is 5.69 Å². The molecule has 2 aliphatic heterocycles. The number of nitrogens with two attached hydrogens (primary N) is 1. The van der Waals surface area contributed by atoms with E-state index in [0.29, 0.717) is 30.9 Å². The first-order chi connectivity index (χ1) is 17.6. The molecule has 2 aromatic carbocycles. The van der Waals surface area contributed by atoms with Crippen LogP contribution in [0.3, 0.4) is 0 Å². The summed E-state index contributed by atoms with van der Waals surface area (Å²) in [4.78, 5) is 32.9. The van der Waals surface area contributed by atoms with Gasteiger partial charge >= 0.3 is 0 Å². The van der Waals surface area contributed by atoms with Crippen molar-refractivity contribution in [3.8, 4) is 0 Å². The monoisotopic (exact) mass is 484 g/mol. The molecule has 1 fully saturated rings. The number of carbonyl (C=O) groups excluding carboxylic acids is 2. The van der Waals surface area contributed by atoms with Crippen molar-refractivity contribution < 1.29 is 18.7 Å². The van der Waals surface area contributed by atoms with Crippen molar-refractivity contribution >= 4 is 50.7 Å². The first kappa shape index (κ1) is 22.7. The molecule has 2 unspecified atom stereocenters. The average molecular weight is 485 g/mol. The number of hydrogen-bond acceptors (Lipinski definition) is 7. The Morgan fingerprint density at radius 2 is 2.00 bits per heavy atom. The van der Waals surface area contributed by atoms with Crippen molar-refractivity contribution in [3.63, 3.8) is 0 Å². The third-order valence-electron chi connectivity index (χ3n) is 7.10. The van der Waals surface area contributed by atoms with E-state index in [-0.39, 0.29) is 36.6 Å². The minimum absolute atomic E-state index is 0.144. The summed E-state index contributed by atoms with van der Waals surface area (Å²) in [5, 5.41) is 4.74. The van der Waals surface area contributed by atoms with Crippen molar-refractivity contribution in [1.82, 2.24) is 4.90 Å². The Balaban J connectivity index is 1.48. The third kappa shape index (κ3) is 3.92. The van der Waals surface area contributed by atoms with Gasteiger partial charge < -0.3 is 25.1 Å². The molecule has 3 aliphatic rings. The van der Waals surface area contributed by atoms with Gasteiger partial charge in [0.1, 0.15) is 22.8 Å². The maximum atomic E-state index is 13.2. The van der Waals surface area contributed by atoms with E-state index < -0.39 is 0 Å². The Morgan fingerprint density at radius 1 is 1.17 bits per heavy atom. The molecule has 1 amide bonds. The van der Waals surface area contributed by atoms with Crippen LogP contribution >= 0.6 is 0 Å². The highest BCUT2D eigenvalue weighted by Crippen LogP contribution is 2.42. The molecule has 0 bridgehead atoms. The van der Waals surface area contributed by atoms with Gasteiger partial charge in [0, 0.05) is 37.0 Å². The number of benzene rings is 2. The topological polar surface area (TPSA) is 110 Å². The number of aliphatic imine (C=N–C) groups is 1. The maximum absolute atomic E-state index is 13.2. The Morgan fingerprint density at radius 3 is 2.83 bits per heavy atom. The number of fused-ring (bicyclic) bond motifs is 4. The van der Waals surface area contributed by atoms with Crippen LogP contribution < -0.4 is 11.1 Å². The number of nitrogens with one attached hydrogen (secondary N) is 1. The van der Waals surface area contributed by atoms with E-state index >= 15 is 0 Å². The number of hydrogen-bond donors (Lipinski definition) is 2. The summed E-state index contributed by atoms with van der Waals surface area (Å²) < 4.78 is 11.9. The van der Waals surface area contributed by atoms with E-state index in [4.69, 9.17) is 19.9 Å². The zero-order valence-corrected chi connectivity index (χ0v) is 19.9. The quantitative estimate of drug-likeness (QED) is 0.586. The maximum Gasteiger partial charge on any atom is 0.225 e. The van der Waals surface area contributed by atoms with Gasteiger partial charge in [-0.25, -0.2) is 0 Å². The summed E-state index contributed by atoms with van der Waals surface area (Å²) in [6.45, 7) is 3.04. The van der Waals surface area contributed by atoms with E-state index in [2.05, 4.69) is 10.2 Å². The molecule has 0 saturated carbocycles. The fourth-order valence-electron chi connectivity index (χ4n) is 5.36. The number of morpholine rings is 1. The molecular formula is C28H28N4O4.